The van der Waals surface area contributed by atoms with Gasteiger partial charge in [-0.25, -0.2) is 0 Å². The van der Waals surface area contributed by atoms with E-state index in [4.69, 9.17) is 0 Å². The van der Waals surface area contributed by atoms with Crippen LogP contribution in [0.2, 0.25) is 0 Å². The van der Waals surface area contributed by atoms with Gasteiger partial charge in [0.15, 0.2) is 0 Å². The van der Waals surface area contributed by atoms with E-state index in [1.165, 1.54) is 4.88 Å². The Balaban J connectivity index is 2.07. The van der Waals surface area contributed by atoms with E-state index in [1.807, 2.05) is 12.1 Å². The molecule has 0 aliphatic rings. The second-order valence-electron chi connectivity index (χ2n) is 5.12. The highest BCUT2D eigenvalue weighted by Crippen LogP contribution is 2.24. The van der Waals surface area contributed by atoms with Crippen LogP contribution in [-0.2, 0) is 6.54 Å². The molecule has 1 aromatic heterocycles. The van der Waals surface area contributed by atoms with E-state index in [1.54, 1.807) is 24.3 Å². The lowest BCUT2D eigenvalue weighted by Crippen LogP contribution is -2.20. The molecule has 21 heavy (non-hydrogen) atoms. The first-order valence-corrected chi connectivity index (χ1v) is 8.00. The van der Waals surface area contributed by atoms with Crippen LogP contribution in [0.4, 0.5) is 5.69 Å². The molecule has 5 heteroatoms. The van der Waals surface area contributed by atoms with Crippen molar-refractivity contribution in [2.75, 3.05) is 0 Å². The van der Waals surface area contributed by atoms with Gasteiger partial charge in [0.25, 0.3) is 5.69 Å². The van der Waals surface area contributed by atoms with E-state index in [-0.39, 0.29) is 10.6 Å². The molecule has 1 atom stereocenters. The van der Waals surface area contributed by atoms with Crippen molar-refractivity contribution in [1.82, 2.24) is 5.32 Å². The average molecular weight is 304 g/mol. The Morgan fingerprint density at radius 2 is 2.19 bits per heavy atom. The van der Waals surface area contributed by atoms with Gasteiger partial charge in [-0.05, 0) is 30.4 Å². The number of nitro benzene ring substituents is 1. The number of nitrogens with zero attached hydrogens (tertiary/aromatic N) is 1. The number of thiophene rings is 1. The lowest BCUT2D eigenvalue weighted by molar-refractivity contribution is -0.385. The number of hydrogen-bond acceptors (Lipinski definition) is 4. The maximum atomic E-state index is 11.0. The summed E-state index contributed by atoms with van der Waals surface area (Å²) in [6.45, 7) is 4.57. The van der Waals surface area contributed by atoms with E-state index in [9.17, 15) is 10.1 Å². The number of aryl methyl sites for hydroxylation is 1. The summed E-state index contributed by atoms with van der Waals surface area (Å²) < 4.78 is 0. The van der Waals surface area contributed by atoms with Crippen molar-refractivity contribution in [3.05, 3.63) is 61.8 Å². The largest absolute Gasteiger partial charge is 0.305 e. The zero-order valence-corrected chi connectivity index (χ0v) is 13.2. The van der Waals surface area contributed by atoms with E-state index < -0.39 is 0 Å². The highest BCUT2D eigenvalue weighted by molar-refractivity contribution is 7.10. The molecule has 0 aliphatic heterocycles. The standard InChI is InChI=1S/C16H20N2O2S/c1-3-5-14(16-6-4-9-21-16)17-11-13-8-7-12(2)15(10-13)18(19)20/h4,6-10,14,17H,3,5,11H2,1-2H3. The van der Waals surface area contributed by atoms with Gasteiger partial charge in [0.2, 0.25) is 0 Å². The second kappa shape index (κ2) is 7.33. The fourth-order valence-electron chi connectivity index (χ4n) is 2.33. The van der Waals surface area contributed by atoms with Gasteiger partial charge >= 0.3 is 0 Å². The fourth-order valence-corrected chi connectivity index (χ4v) is 3.16. The van der Waals surface area contributed by atoms with Crippen LogP contribution in [0, 0.1) is 17.0 Å². The van der Waals surface area contributed by atoms with Crippen LogP contribution >= 0.6 is 11.3 Å². The predicted octanol–water partition coefficient (Wildman–Crippen LogP) is 4.60. The SMILES string of the molecule is CCCC(NCc1ccc(C)c([N+](=O)[O-])c1)c1cccs1. The number of rotatable bonds is 7. The van der Waals surface area contributed by atoms with Crippen molar-refractivity contribution in [2.24, 2.45) is 0 Å². The second-order valence-corrected chi connectivity index (χ2v) is 6.09. The van der Waals surface area contributed by atoms with E-state index in [2.05, 4.69) is 29.8 Å². The van der Waals surface area contributed by atoms with Crippen molar-refractivity contribution < 1.29 is 4.92 Å². The van der Waals surface area contributed by atoms with Crippen LogP contribution in [0.15, 0.2) is 35.7 Å². The third-order valence-electron chi connectivity index (χ3n) is 3.49. The number of hydrogen-bond donors (Lipinski definition) is 1. The predicted molar refractivity (Wildman–Crippen MR) is 86.6 cm³/mol. The molecule has 1 aromatic carbocycles. The van der Waals surface area contributed by atoms with Crippen LogP contribution in [0.5, 0.6) is 0 Å². The van der Waals surface area contributed by atoms with Gasteiger partial charge in [-0.1, -0.05) is 31.5 Å². The monoisotopic (exact) mass is 304 g/mol. The van der Waals surface area contributed by atoms with Crippen molar-refractivity contribution >= 4 is 17.0 Å². The maximum absolute atomic E-state index is 11.0. The van der Waals surface area contributed by atoms with Crippen LogP contribution in [-0.4, -0.2) is 4.92 Å². The number of nitrogens with one attached hydrogen (secondary N) is 1. The van der Waals surface area contributed by atoms with Gasteiger partial charge in [-0.2, -0.15) is 0 Å². The van der Waals surface area contributed by atoms with Gasteiger partial charge in [0.1, 0.15) is 0 Å². The summed E-state index contributed by atoms with van der Waals surface area (Å²) in [7, 11) is 0. The lowest BCUT2D eigenvalue weighted by atomic mass is 10.1. The molecule has 0 amide bonds. The van der Waals surface area contributed by atoms with E-state index >= 15 is 0 Å². The fraction of sp³-hybridized carbons (Fsp3) is 0.375. The van der Waals surface area contributed by atoms with Gasteiger partial charge in [0, 0.05) is 29.1 Å². The summed E-state index contributed by atoms with van der Waals surface area (Å²) in [4.78, 5) is 12.0. The molecule has 112 valence electrons. The molecule has 1 unspecified atom stereocenters. The first kappa shape index (κ1) is 15.7. The van der Waals surface area contributed by atoms with Crippen LogP contribution in [0.1, 0.15) is 41.8 Å². The zero-order valence-electron chi connectivity index (χ0n) is 12.3. The van der Waals surface area contributed by atoms with Gasteiger partial charge < -0.3 is 5.32 Å². The molecule has 0 radical (unpaired) electrons. The molecule has 2 aromatic rings. The van der Waals surface area contributed by atoms with Crippen molar-refractivity contribution in [1.29, 1.82) is 0 Å². The minimum atomic E-state index is -0.318. The summed E-state index contributed by atoms with van der Waals surface area (Å²) in [5.41, 5.74) is 1.84. The Hall–Kier alpha value is -1.72. The molecule has 0 fully saturated rings. The topological polar surface area (TPSA) is 55.2 Å². The van der Waals surface area contributed by atoms with Crippen molar-refractivity contribution in [3.63, 3.8) is 0 Å². The smallest absolute Gasteiger partial charge is 0.272 e. The van der Waals surface area contributed by atoms with Crippen LogP contribution in [0.3, 0.4) is 0 Å². The van der Waals surface area contributed by atoms with Gasteiger partial charge in [-0.15, -0.1) is 11.3 Å². The highest BCUT2D eigenvalue weighted by atomic mass is 32.1. The summed E-state index contributed by atoms with van der Waals surface area (Å²) in [6.07, 6.45) is 2.16. The minimum Gasteiger partial charge on any atom is -0.305 e. The van der Waals surface area contributed by atoms with E-state index in [0.717, 1.165) is 18.4 Å². The third kappa shape index (κ3) is 4.12. The van der Waals surface area contributed by atoms with Crippen molar-refractivity contribution in [2.45, 2.75) is 39.3 Å². The average Bonchev–Trinajstić information content (AvgIpc) is 2.98. The quantitative estimate of drug-likeness (QED) is 0.601. The molecular weight excluding hydrogens is 284 g/mol. The number of nitro groups is 1. The zero-order chi connectivity index (χ0) is 15.2. The molecule has 1 heterocycles. The molecule has 4 nitrogen and oxygen atoms in total. The summed E-state index contributed by atoms with van der Waals surface area (Å²) in [5.74, 6) is 0. The summed E-state index contributed by atoms with van der Waals surface area (Å²) in [5, 5.41) is 16.6. The molecule has 0 aliphatic carbocycles. The van der Waals surface area contributed by atoms with Gasteiger partial charge in [-0.3, -0.25) is 10.1 Å². The van der Waals surface area contributed by atoms with E-state index in [0.29, 0.717) is 18.2 Å². The Morgan fingerprint density at radius 3 is 2.81 bits per heavy atom. The number of benzene rings is 1. The Kier molecular flexibility index (Phi) is 5.47. The lowest BCUT2D eigenvalue weighted by Gasteiger charge is -2.17. The first-order chi connectivity index (χ1) is 10.1. The summed E-state index contributed by atoms with van der Waals surface area (Å²) >= 11 is 1.75. The molecule has 0 spiro atoms. The Bertz CT molecular complexity index is 596. The third-order valence-corrected chi connectivity index (χ3v) is 4.47. The normalized spacial score (nSPS) is 12.3. The molecule has 0 saturated heterocycles. The maximum Gasteiger partial charge on any atom is 0.272 e. The molecule has 0 bridgehead atoms. The first-order valence-electron chi connectivity index (χ1n) is 7.12. The van der Waals surface area contributed by atoms with Crippen LogP contribution in [0.25, 0.3) is 0 Å². The van der Waals surface area contributed by atoms with Crippen molar-refractivity contribution in [3.8, 4) is 0 Å². The summed E-state index contributed by atoms with van der Waals surface area (Å²) in [6, 6.07) is 9.94. The Morgan fingerprint density at radius 1 is 1.38 bits per heavy atom. The molecule has 1 N–H and O–H groups in total. The van der Waals surface area contributed by atoms with Gasteiger partial charge in [0.05, 0.1) is 4.92 Å². The Labute approximate surface area is 129 Å². The molecular formula is C16H20N2O2S. The molecule has 2 rings (SSSR count). The van der Waals surface area contributed by atoms with Crippen LogP contribution < -0.4 is 5.32 Å². The highest BCUT2D eigenvalue weighted by Gasteiger charge is 2.14. The molecule has 0 saturated carbocycles. The minimum absolute atomic E-state index is 0.192.